The van der Waals surface area contributed by atoms with Crippen molar-refractivity contribution in [1.82, 2.24) is 10.2 Å². The highest BCUT2D eigenvalue weighted by Crippen LogP contribution is 2.22. The third kappa shape index (κ3) is 3.26. The lowest BCUT2D eigenvalue weighted by molar-refractivity contribution is -0.129. The predicted octanol–water partition coefficient (Wildman–Crippen LogP) is 1.80. The lowest BCUT2D eigenvalue weighted by atomic mass is 10.2. The van der Waals surface area contributed by atoms with Crippen LogP contribution in [0.4, 0.5) is 0 Å². The Morgan fingerprint density at radius 3 is 2.95 bits per heavy atom. The van der Waals surface area contributed by atoms with Crippen molar-refractivity contribution in [1.29, 1.82) is 0 Å². The Labute approximate surface area is 114 Å². The fourth-order valence-electron chi connectivity index (χ4n) is 2.44. The molecular weight excluding hydrogens is 240 g/mol. The second-order valence-electron chi connectivity index (χ2n) is 4.87. The largest absolute Gasteiger partial charge is 0.496 e. The number of hydrogen-bond donors (Lipinski definition) is 1. The van der Waals surface area contributed by atoms with Crippen LogP contribution in [-0.2, 0) is 11.3 Å². The highest BCUT2D eigenvalue weighted by atomic mass is 16.5. The van der Waals surface area contributed by atoms with E-state index in [1.54, 1.807) is 7.11 Å². The molecule has 1 amide bonds. The molecule has 1 fully saturated rings. The Hall–Kier alpha value is -1.55. The number of likely N-dealkylation sites (tertiary alicyclic amines) is 1. The molecule has 0 radical (unpaired) electrons. The number of para-hydroxylation sites is 1. The zero-order valence-electron chi connectivity index (χ0n) is 11.7. The Balaban J connectivity index is 1.98. The summed E-state index contributed by atoms with van der Waals surface area (Å²) in [6.07, 6.45) is 1.95. The van der Waals surface area contributed by atoms with Crippen LogP contribution in [0.1, 0.15) is 25.3 Å². The number of hydrogen-bond acceptors (Lipinski definition) is 3. The molecule has 1 aliphatic heterocycles. The smallest absolute Gasteiger partial charge is 0.240 e. The summed E-state index contributed by atoms with van der Waals surface area (Å²) in [5, 5.41) is 3.30. The molecule has 0 aromatic heterocycles. The van der Waals surface area contributed by atoms with E-state index in [2.05, 4.69) is 12.2 Å². The number of ether oxygens (including phenoxy) is 1. The van der Waals surface area contributed by atoms with Crippen molar-refractivity contribution in [2.45, 2.75) is 32.4 Å². The van der Waals surface area contributed by atoms with Crippen LogP contribution in [0, 0.1) is 0 Å². The molecule has 1 N–H and O–H groups in total. The van der Waals surface area contributed by atoms with E-state index in [-0.39, 0.29) is 11.9 Å². The van der Waals surface area contributed by atoms with E-state index in [0.29, 0.717) is 6.54 Å². The standard InChI is InChI=1S/C15H22N2O2/c1-3-9-16-13-8-10-17(15(13)18)11-12-6-4-5-7-14(12)19-2/h4-7,13,16H,3,8-11H2,1-2H3. The van der Waals surface area contributed by atoms with Gasteiger partial charge in [-0.05, 0) is 25.5 Å². The summed E-state index contributed by atoms with van der Waals surface area (Å²) in [5.74, 6) is 1.06. The zero-order chi connectivity index (χ0) is 13.7. The molecule has 2 rings (SSSR count). The second kappa shape index (κ2) is 6.57. The molecule has 19 heavy (non-hydrogen) atoms. The van der Waals surface area contributed by atoms with Crippen molar-refractivity contribution in [3.05, 3.63) is 29.8 Å². The number of amides is 1. The number of methoxy groups -OCH3 is 1. The topological polar surface area (TPSA) is 41.6 Å². The third-order valence-electron chi connectivity index (χ3n) is 3.49. The van der Waals surface area contributed by atoms with E-state index in [1.807, 2.05) is 29.2 Å². The van der Waals surface area contributed by atoms with Gasteiger partial charge in [-0.2, -0.15) is 0 Å². The van der Waals surface area contributed by atoms with Gasteiger partial charge in [0.15, 0.2) is 0 Å². The van der Waals surface area contributed by atoms with Gasteiger partial charge in [0.2, 0.25) is 5.91 Å². The Morgan fingerprint density at radius 2 is 2.21 bits per heavy atom. The molecule has 1 aliphatic rings. The van der Waals surface area contributed by atoms with E-state index in [0.717, 1.165) is 37.2 Å². The van der Waals surface area contributed by atoms with E-state index < -0.39 is 0 Å². The van der Waals surface area contributed by atoms with Gasteiger partial charge in [-0.1, -0.05) is 25.1 Å². The average molecular weight is 262 g/mol. The zero-order valence-corrected chi connectivity index (χ0v) is 11.7. The van der Waals surface area contributed by atoms with Crippen molar-refractivity contribution in [3.8, 4) is 5.75 Å². The Kier molecular flexibility index (Phi) is 4.80. The predicted molar refractivity (Wildman–Crippen MR) is 75.1 cm³/mol. The number of rotatable bonds is 6. The first-order valence-electron chi connectivity index (χ1n) is 6.90. The van der Waals surface area contributed by atoms with Crippen LogP contribution < -0.4 is 10.1 Å². The van der Waals surface area contributed by atoms with Gasteiger partial charge in [0, 0.05) is 18.7 Å². The van der Waals surface area contributed by atoms with Crippen molar-refractivity contribution >= 4 is 5.91 Å². The minimum atomic E-state index is -0.00495. The molecule has 4 nitrogen and oxygen atoms in total. The van der Waals surface area contributed by atoms with E-state index >= 15 is 0 Å². The Bertz CT molecular complexity index is 434. The molecule has 0 saturated carbocycles. The van der Waals surface area contributed by atoms with Crippen LogP contribution in [0.3, 0.4) is 0 Å². The molecule has 1 saturated heterocycles. The lowest BCUT2D eigenvalue weighted by Gasteiger charge is -2.18. The summed E-state index contributed by atoms with van der Waals surface area (Å²) in [6, 6.07) is 7.86. The van der Waals surface area contributed by atoms with Gasteiger partial charge in [0.05, 0.1) is 13.2 Å². The van der Waals surface area contributed by atoms with E-state index in [9.17, 15) is 4.79 Å². The summed E-state index contributed by atoms with van der Waals surface area (Å²) >= 11 is 0. The normalized spacial score (nSPS) is 18.9. The highest BCUT2D eigenvalue weighted by molar-refractivity contribution is 5.84. The van der Waals surface area contributed by atoms with Gasteiger partial charge in [-0.15, -0.1) is 0 Å². The fraction of sp³-hybridized carbons (Fsp3) is 0.533. The van der Waals surface area contributed by atoms with Gasteiger partial charge in [0.25, 0.3) is 0 Å². The highest BCUT2D eigenvalue weighted by Gasteiger charge is 2.31. The number of carbonyl (C=O) groups is 1. The number of benzene rings is 1. The molecule has 1 unspecified atom stereocenters. The maximum Gasteiger partial charge on any atom is 0.240 e. The third-order valence-corrected chi connectivity index (χ3v) is 3.49. The molecular formula is C15H22N2O2. The van der Waals surface area contributed by atoms with Gasteiger partial charge in [-0.25, -0.2) is 0 Å². The number of nitrogens with zero attached hydrogens (tertiary/aromatic N) is 1. The van der Waals surface area contributed by atoms with Crippen LogP contribution in [-0.4, -0.2) is 37.0 Å². The summed E-state index contributed by atoms with van der Waals surface area (Å²) in [7, 11) is 1.66. The monoisotopic (exact) mass is 262 g/mol. The van der Waals surface area contributed by atoms with E-state index in [4.69, 9.17) is 4.74 Å². The maximum atomic E-state index is 12.2. The first kappa shape index (κ1) is 13.9. The molecule has 1 aromatic rings. The first-order chi connectivity index (χ1) is 9.26. The molecule has 0 aliphatic carbocycles. The lowest BCUT2D eigenvalue weighted by Crippen LogP contribution is -2.38. The SMILES string of the molecule is CCCNC1CCN(Cc2ccccc2OC)C1=O. The molecule has 1 aromatic carbocycles. The van der Waals surface area contributed by atoms with Crippen LogP contribution in [0.5, 0.6) is 5.75 Å². The van der Waals surface area contributed by atoms with Gasteiger partial charge < -0.3 is 15.0 Å². The van der Waals surface area contributed by atoms with Crippen LogP contribution >= 0.6 is 0 Å². The summed E-state index contributed by atoms with van der Waals surface area (Å²) in [6.45, 7) is 4.46. The molecule has 0 bridgehead atoms. The van der Waals surface area contributed by atoms with Crippen molar-refractivity contribution in [2.75, 3.05) is 20.2 Å². The average Bonchev–Trinajstić information content (AvgIpc) is 2.78. The fourth-order valence-corrected chi connectivity index (χ4v) is 2.44. The first-order valence-corrected chi connectivity index (χ1v) is 6.90. The van der Waals surface area contributed by atoms with Gasteiger partial charge in [-0.3, -0.25) is 4.79 Å². The van der Waals surface area contributed by atoms with Crippen LogP contribution in [0.2, 0.25) is 0 Å². The summed E-state index contributed by atoms with van der Waals surface area (Å²) < 4.78 is 5.33. The van der Waals surface area contributed by atoms with Crippen molar-refractivity contribution in [3.63, 3.8) is 0 Å². The quantitative estimate of drug-likeness (QED) is 0.850. The van der Waals surface area contributed by atoms with Crippen LogP contribution in [0.15, 0.2) is 24.3 Å². The van der Waals surface area contributed by atoms with Crippen molar-refractivity contribution in [2.24, 2.45) is 0 Å². The molecule has 1 atom stereocenters. The molecule has 104 valence electrons. The molecule has 0 spiro atoms. The van der Waals surface area contributed by atoms with E-state index in [1.165, 1.54) is 0 Å². The number of nitrogens with one attached hydrogen (secondary N) is 1. The summed E-state index contributed by atoms with van der Waals surface area (Å²) in [4.78, 5) is 14.1. The molecule has 4 heteroatoms. The summed E-state index contributed by atoms with van der Waals surface area (Å²) in [5.41, 5.74) is 1.06. The minimum absolute atomic E-state index is 0.00495. The van der Waals surface area contributed by atoms with Crippen LogP contribution in [0.25, 0.3) is 0 Å². The van der Waals surface area contributed by atoms with Crippen molar-refractivity contribution < 1.29 is 9.53 Å². The molecule has 1 heterocycles. The Morgan fingerprint density at radius 1 is 1.42 bits per heavy atom. The van der Waals surface area contributed by atoms with Gasteiger partial charge >= 0.3 is 0 Å². The minimum Gasteiger partial charge on any atom is -0.496 e. The second-order valence-corrected chi connectivity index (χ2v) is 4.87. The number of carbonyl (C=O) groups excluding carboxylic acids is 1. The van der Waals surface area contributed by atoms with Gasteiger partial charge in [0.1, 0.15) is 5.75 Å². The maximum absolute atomic E-state index is 12.2.